The number of carbonyl (C=O) groups is 2. The van der Waals surface area contributed by atoms with E-state index in [0.717, 1.165) is 12.8 Å². The van der Waals surface area contributed by atoms with Crippen molar-refractivity contribution in [3.63, 3.8) is 0 Å². The van der Waals surface area contributed by atoms with Gasteiger partial charge >= 0.3 is 5.97 Å². The van der Waals surface area contributed by atoms with Gasteiger partial charge in [0.05, 0.1) is 13.1 Å². The summed E-state index contributed by atoms with van der Waals surface area (Å²) in [6, 6.07) is 0.291. The van der Waals surface area contributed by atoms with Crippen LogP contribution in [0.3, 0.4) is 0 Å². The van der Waals surface area contributed by atoms with E-state index in [9.17, 15) is 9.59 Å². The van der Waals surface area contributed by atoms with E-state index in [1.54, 1.807) is 4.90 Å². The summed E-state index contributed by atoms with van der Waals surface area (Å²) in [7, 11) is 0. The number of amides is 1. The molecule has 1 saturated carbocycles. The lowest BCUT2D eigenvalue weighted by atomic mass is 9.95. The van der Waals surface area contributed by atoms with Crippen LogP contribution < -0.4 is 5.32 Å². The van der Waals surface area contributed by atoms with Gasteiger partial charge in [-0.3, -0.25) is 14.5 Å². The van der Waals surface area contributed by atoms with Gasteiger partial charge in [-0.05, 0) is 19.4 Å². The van der Waals surface area contributed by atoms with Gasteiger partial charge in [0.1, 0.15) is 0 Å². The van der Waals surface area contributed by atoms with E-state index in [1.807, 2.05) is 6.92 Å². The summed E-state index contributed by atoms with van der Waals surface area (Å²) in [4.78, 5) is 23.9. The van der Waals surface area contributed by atoms with Crippen LogP contribution in [0, 0.1) is 0 Å². The molecule has 0 aromatic carbocycles. The Morgan fingerprint density at radius 1 is 1.24 bits per heavy atom. The van der Waals surface area contributed by atoms with Gasteiger partial charge in [0, 0.05) is 6.04 Å². The minimum absolute atomic E-state index is 0.0556. The van der Waals surface area contributed by atoms with E-state index in [0.29, 0.717) is 12.6 Å². The second kappa shape index (κ2) is 7.27. The topological polar surface area (TPSA) is 69.6 Å². The molecule has 0 aromatic rings. The quantitative estimate of drug-likeness (QED) is 0.724. The van der Waals surface area contributed by atoms with Gasteiger partial charge in [0.2, 0.25) is 5.91 Å². The van der Waals surface area contributed by atoms with Crippen molar-refractivity contribution < 1.29 is 14.7 Å². The lowest BCUT2D eigenvalue weighted by molar-refractivity contribution is -0.138. The lowest BCUT2D eigenvalue weighted by Gasteiger charge is -2.24. The average molecular weight is 242 g/mol. The van der Waals surface area contributed by atoms with Gasteiger partial charge < -0.3 is 10.4 Å². The summed E-state index contributed by atoms with van der Waals surface area (Å²) in [6.07, 6.45) is 5.72. The molecule has 0 aromatic heterocycles. The van der Waals surface area contributed by atoms with E-state index in [4.69, 9.17) is 5.11 Å². The van der Waals surface area contributed by atoms with Gasteiger partial charge in [-0.25, -0.2) is 0 Å². The summed E-state index contributed by atoms with van der Waals surface area (Å²) in [5, 5.41) is 11.7. The SMILES string of the molecule is CCN(CC(=O)O)CC(=O)NC1CCCCC1. The normalized spacial score (nSPS) is 17.1. The van der Waals surface area contributed by atoms with Gasteiger partial charge in [0.25, 0.3) is 0 Å². The monoisotopic (exact) mass is 242 g/mol. The van der Waals surface area contributed by atoms with E-state index in [2.05, 4.69) is 5.32 Å². The van der Waals surface area contributed by atoms with Gasteiger partial charge in [0.15, 0.2) is 0 Å². The van der Waals surface area contributed by atoms with Crippen LogP contribution in [0.1, 0.15) is 39.0 Å². The second-order valence-corrected chi connectivity index (χ2v) is 4.60. The number of carboxylic acids is 1. The summed E-state index contributed by atoms with van der Waals surface area (Å²) in [5.74, 6) is -0.947. The summed E-state index contributed by atoms with van der Waals surface area (Å²) in [6.45, 7) is 2.54. The largest absolute Gasteiger partial charge is 0.480 e. The lowest BCUT2D eigenvalue weighted by Crippen LogP contribution is -2.44. The zero-order chi connectivity index (χ0) is 12.7. The highest BCUT2D eigenvalue weighted by atomic mass is 16.4. The second-order valence-electron chi connectivity index (χ2n) is 4.60. The van der Waals surface area contributed by atoms with Crippen molar-refractivity contribution in [1.82, 2.24) is 10.2 Å². The van der Waals surface area contributed by atoms with Crippen LogP contribution in [-0.4, -0.2) is 47.6 Å². The van der Waals surface area contributed by atoms with E-state index in [1.165, 1.54) is 19.3 Å². The Morgan fingerprint density at radius 2 is 1.88 bits per heavy atom. The van der Waals surface area contributed by atoms with Crippen molar-refractivity contribution in [3.8, 4) is 0 Å². The van der Waals surface area contributed by atoms with Crippen molar-refractivity contribution >= 4 is 11.9 Å². The van der Waals surface area contributed by atoms with Crippen molar-refractivity contribution in [2.24, 2.45) is 0 Å². The number of rotatable bonds is 6. The first-order valence-electron chi connectivity index (χ1n) is 6.35. The van der Waals surface area contributed by atoms with Gasteiger partial charge in [-0.1, -0.05) is 26.2 Å². The van der Waals surface area contributed by atoms with Crippen LogP contribution in [0.2, 0.25) is 0 Å². The Bertz CT molecular complexity index is 262. The number of aliphatic carboxylic acids is 1. The van der Waals surface area contributed by atoms with Gasteiger partial charge in [-0.2, -0.15) is 0 Å². The fourth-order valence-electron chi connectivity index (χ4n) is 2.19. The van der Waals surface area contributed by atoms with Crippen LogP contribution >= 0.6 is 0 Å². The molecule has 1 aliphatic carbocycles. The summed E-state index contributed by atoms with van der Waals surface area (Å²) >= 11 is 0. The molecule has 0 atom stereocenters. The van der Waals surface area contributed by atoms with E-state index < -0.39 is 5.97 Å². The highest BCUT2D eigenvalue weighted by Crippen LogP contribution is 2.17. The molecule has 0 heterocycles. The fraction of sp³-hybridized carbons (Fsp3) is 0.833. The zero-order valence-corrected chi connectivity index (χ0v) is 10.4. The number of hydrogen-bond acceptors (Lipinski definition) is 3. The Labute approximate surface area is 102 Å². The maximum atomic E-state index is 11.7. The number of nitrogens with zero attached hydrogens (tertiary/aromatic N) is 1. The molecule has 0 saturated heterocycles. The number of nitrogens with one attached hydrogen (secondary N) is 1. The van der Waals surface area contributed by atoms with Crippen LogP contribution in [0.25, 0.3) is 0 Å². The molecule has 98 valence electrons. The van der Waals surface area contributed by atoms with Crippen molar-refractivity contribution in [1.29, 1.82) is 0 Å². The molecule has 0 bridgehead atoms. The summed E-state index contributed by atoms with van der Waals surface area (Å²) < 4.78 is 0. The number of carboxylic acid groups (broad SMARTS) is 1. The maximum Gasteiger partial charge on any atom is 0.317 e. The smallest absolute Gasteiger partial charge is 0.317 e. The Kier molecular flexibility index (Phi) is 5.97. The predicted molar refractivity (Wildman–Crippen MR) is 64.8 cm³/mol. The summed E-state index contributed by atoms with van der Waals surface area (Å²) in [5.41, 5.74) is 0. The first kappa shape index (κ1) is 14.0. The Hall–Kier alpha value is -1.10. The first-order chi connectivity index (χ1) is 8.11. The van der Waals surface area contributed by atoms with Crippen LogP contribution in [0.4, 0.5) is 0 Å². The standard InChI is InChI=1S/C12H22N2O3/c1-2-14(9-12(16)17)8-11(15)13-10-6-4-3-5-7-10/h10H,2-9H2,1H3,(H,13,15)(H,16,17). The van der Waals surface area contributed by atoms with Crippen LogP contribution in [0.15, 0.2) is 0 Å². The molecule has 1 aliphatic rings. The molecule has 5 nitrogen and oxygen atoms in total. The molecule has 1 fully saturated rings. The third kappa shape index (κ3) is 5.68. The number of hydrogen-bond donors (Lipinski definition) is 2. The average Bonchev–Trinajstić information content (AvgIpc) is 2.28. The Morgan fingerprint density at radius 3 is 2.41 bits per heavy atom. The molecule has 0 spiro atoms. The molecule has 0 radical (unpaired) electrons. The molecule has 17 heavy (non-hydrogen) atoms. The predicted octanol–water partition coefficient (Wildman–Crippen LogP) is 0.842. The fourth-order valence-corrected chi connectivity index (χ4v) is 2.19. The van der Waals surface area contributed by atoms with Crippen LogP contribution in [-0.2, 0) is 9.59 Å². The molecule has 0 aliphatic heterocycles. The molecule has 1 rings (SSSR count). The van der Waals surface area contributed by atoms with Crippen molar-refractivity contribution in [2.75, 3.05) is 19.6 Å². The number of likely N-dealkylation sites (N-methyl/N-ethyl adjacent to an activating group) is 1. The number of carbonyl (C=O) groups excluding carboxylic acids is 1. The molecule has 2 N–H and O–H groups in total. The highest BCUT2D eigenvalue weighted by Gasteiger charge is 2.17. The maximum absolute atomic E-state index is 11.7. The minimum atomic E-state index is -0.891. The third-order valence-electron chi connectivity index (χ3n) is 3.14. The van der Waals surface area contributed by atoms with E-state index in [-0.39, 0.29) is 19.0 Å². The third-order valence-corrected chi connectivity index (χ3v) is 3.14. The first-order valence-corrected chi connectivity index (χ1v) is 6.35. The Balaban J connectivity index is 2.28. The molecular weight excluding hydrogens is 220 g/mol. The molecular formula is C12H22N2O3. The van der Waals surface area contributed by atoms with E-state index >= 15 is 0 Å². The zero-order valence-electron chi connectivity index (χ0n) is 10.4. The molecule has 0 unspecified atom stereocenters. The molecule has 5 heteroatoms. The van der Waals surface area contributed by atoms with Crippen molar-refractivity contribution in [3.05, 3.63) is 0 Å². The van der Waals surface area contributed by atoms with Gasteiger partial charge in [-0.15, -0.1) is 0 Å². The van der Waals surface area contributed by atoms with Crippen LogP contribution in [0.5, 0.6) is 0 Å². The molecule has 1 amide bonds. The minimum Gasteiger partial charge on any atom is -0.480 e. The highest BCUT2D eigenvalue weighted by molar-refractivity contribution is 5.79. The van der Waals surface area contributed by atoms with Crippen molar-refractivity contribution in [2.45, 2.75) is 45.1 Å².